The van der Waals surface area contributed by atoms with Crippen molar-refractivity contribution in [3.63, 3.8) is 0 Å². The molecule has 3 aromatic heterocycles. The first-order valence-corrected chi connectivity index (χ1v) is 18.3. The lowest BCUT2D eigenvalue weighted by Gasteiger charge is -2.10. The smallest absolute Gasteiger partial charge is 0.164 e. The molecule has 0 unspecified atom stereocenters. The van der Waals surface area contributed by atoms with Crippen LogP contribution in [0.1, 0.15) is 11.1 Å². The molecule has 3 heterocycles. The summed E-state index contributed by atoms with van der Waals surface area (Å²) in [6, 6.07) is 57.7. The summed E-state index contributed by atoms with van der Waals surface area (Å²) in [6.45, 7) is 0. The molecule has 0 bridgehead atoms. The van der Waals surface area contributed by atoms with Gasteiger partial charge in [-0.3, -0.25) is 0 Å². The summed E-state index contributed by atoms with van der Waals surface area (Å²) in [7, 11) is 0. The standard InChI is InChI=1S/C47H26N6S/c48-27-33-14-9-15-34(28-49)44(33)31-19-22-42-38(24-31)39-26-35(20-23-43(39)54-42)53-40-17-8-7-16-36(40)37-25-32(18-21-41(37)53)47-51-45(29-10-3-1-4-11-29)50-46(52-47)30-12-5-2-6-13-30/h1-26H. The van der Waals surface area contributed by atoms with Gasteiger partial charge in [0.15, 0.2) is 17.5 Å². The maximum Gasteiger partial charge on any atom is 0.164 e. The second-order valence-electron chi connectivity index (χ2n) is 13.1. The van der Waals surface area contributed by atoms with Crippen molar-refractivity contribution in [2.75, 3.05) is 0 Å². The van der Waals surface area contributed by atoms with Crippen molar-refractivity contribution in [2.24, 2.45) is 0 Å². The molecule has 0 spiro atoms. The number of para-hydroxylation sites is 1. The van der Waals surface area contributed by atoms with Gasteiger partial charge < -0.3 is 4.57 Å². The maximum atomic E-state index is 9.89. The number of nitrogens with zero attached hydrogens (tertiary/aromatic N) is 6. The van der Waals surface area contributed by atoms with Crippen LogP contribution in [-0.2, 0) is 0 Å². The highest BCUT2D eigenvalue weighted by atomic mass is 32.1. The van der Waals surface area contributed by atoms with Gasteiger partial charge in [0.2, 0.25) is 0 Å². The molecule has 0 N–H and O–H groups in total. The second-order valence-corrected chi connectivity index (χ2v) is 14.2. The molecule has 0 atom stereocenters. The van der Waals surface area contributed by atoms with Crippen LogP contribution in [0.4, 0.5) is 0 Å². The first-order chi connectivity index (χ1) is 26.7. The summed E-state index contributed by atoms with van der Waals surface area (Å²) in [6.07, 6.45) is 0. The third-order valence-electron chi connectivity index (χ3n) is 9.94. The van der Waals surface area contributed by atoms with E-state index >= 15 is 0 Å². The van der Waals surface area contributed by atoms with Gasteiger partial charge in [-0.2, -0.15) is 10.5 Å². The molecule has 0 aliphatic carbocycles. The van der Waals surface area contributed by atoms with E-state index in [4.69, 9.17) is 15.0 Å². The minimum atomic E-state index is 0.489. The average molecular weight is 707 g/mol. The zero-order chi connectivity index (χ0) is 36.2. The quantitative estimate of drug-likeness (QED) is 0.178. The molecule has 0 aliphatic heterocycles. The highest BCUT2D eigenvalue weighted by Gasteiger charge is 2.18. The van der Waals surface area contributed by atoms with E-state index in [1.807, 2.05) is 66.7 Å². The molecule has 250 valence electrons. The van der Waals surface area contributed by atoms with Crippen LogP contribution >= 0.6 is 11.3 Å². The summed E-state index contributed by atoms with van der Waals surface area (Å²) >= 11 is 1.74. The number of hydrogen-bond donors (Lipinski definition) is 0. The molecule has 54 heavy (non-hydrogen) atoms. The average Bonchev–Trinajstić information content (AvgIpc) is 3.78. The van der Waals surface area contributed by atoms with Crippen LogP contribution in [-0.4, -0.2) is 19.5 Å². The van der Waals surface area contributed by atoms with Gasteiger partial charge in [-0.1, -0.05) is 91.0 Å². The molecule has 10 aromatic rings. The fourth-order valence-corrected chi connectivity index (χ4v) is 8.50. The zero-order valence-electron chi connectivity index (χ0n) is 28.6. The molecule has 7 aromatic carbocycles. The molecule has 0 radical (unpaired) electrons. The molecule has 6 nitrogen and oxygen atoms in total. The monoisotopic (exact) mass is 706 g/mol. The van der Waals surface area contributed by atoms with E-state index in [1.165, 1.54) is 4.70 Å². The van der Waals surface area contributed by atoms with E-state index in [0.29, 0.717) is 34.2 Å². The van der Waals surface area contributed by atoms with Crippen molar-refractivity contribution in [1.29, 1.82) is 10.5 Å². The second kappa shape index (κ2) is 12.6. The summed E-state index contributed by atoms with van der Waals surface area (Å²) in [5.74, 6) is 1.86. The number of fused-ring (bicyclic) bond motifs is 6. The van der Waals surface area contributed by atoms with Gasteiger partial charge in [0.25, 0.3) is 0 Å². The summed E-state index contributed by atoms with van der Waals surface area (Å²) < 4.78 is 4.63. The molecule has 0 saturated carbocycles. The molecule has 10 rings (SSSR count). The van der Waals surface area contributed by atoms with Crippen LogP contribution in [0.15, 0.2) is 158 Å². The lowest BCUT2D eigenvalue weighted by Crippen LogP contribution is -2.00. The van der Waals surface area contributed by atoms with Gasteiger partial charge in [0.05, 0.1) is 34.3 Å². The van der Waals surface area contributed by atoms with Gasteiger partial charge in [-0.15, -0.1) is 11.3 Å². The number of hydrogen-bond acceptors (Lipinski definition) is 6. The highest BCUT2D eigenvalue weighted by Crippen LogP contribution is 2.41. The largest absolute Gasteiger partial charge is 0.309 e. The number of benzene rings is 7. The number of rotatable bonds is 5. The Bertz CT molecular complexity index is 3090. The Morgan fingerprint density at radius 1 is 0.426 bits per heavy atom. The van der Waals surface area contributed by atoms with Crippen LogP contribution in [0.3, 0.4) is 0 Å². The van der Waals surface area contributed by atoms with E-state index in [0.717, 1.165) is 65.2 Å². The first-order valence-electron chi connectivity index (χ1n) is 17.5. The summed E-state index contributed by atoms with van der Waals surface area (Å²) in [5, 5.41) is 24.2. The van der Waals surface area contributed by atoms with Crippen LogP contribution in [0.25, 0.3) is 93.0 Å². The van der Waals surface area contributed by atoms with Gasteiger partial charge in [-0.25, -0.2) is 15.0 Å². The number of nitriles is 2. The molecule has 0 aliphatic rings. The maximum absolute atomic E-state index is 9.89. The SMILES string of the molecule is N#Cc1cccc(C#N)c1-c1ccc2sc3ccc(-n4c5ccccc5c5cc(-c6nc(-c7ccccc7)nc(-c7ccccc7)n6)ccc54)cc3c2c1. The van der Waals surface area contributed by atoms with Crippen LogP contribution in [0.2, 0.25) is 0 Å². The van der Waals surface area contributed by atoms with Crippen molar-refractivity contribution in [1.82, 2.24) is 19.5 Å². The predicted octanol–water partition coefficient (Wildman–Crippen LogP) is 11.7. The number of aromatic nitrogens is 4. The summed E-state index contributed by atoms with van der Waals surface area (Å²) in [4.78, 5) is 14.9. The fraction of sp³-hybridized carbons (Fsp3) is 0. The van der Waals surface area contributed by atoms with Crippen molar-refractivity contribution in [3.05, 3.63) is 169 Å². The third-order valence-corrected chi connectivity index (χ3v) is 11.1. The van der Waals surface area contributed by atoms with Gasteiger partial charge in [-0.05, 0) is 72.3 Å². The lowest BCUT2D eigenvalue weighted by molar-refractivity contribution is 1.07. The molecule has 0 saturated heterocycles. The van der Waals surface area contributed by atoms with E-state index in [1.54, 1.807) is 29.5 Å². The van der Waals surface area contributed by atoms with Gasteiger partial charge in [0.1, 0.15) is 0 Å². The minimum Gasteiger partial charge on any atom is -0.309 e. The Hall–Kier alpha value is -7.45. The topological polar surface area (TPSA) is 91.2 Å². The summed E-state index contributed by atoms with van der Waals surface area (Å²) in [5.41, 5.74) is 8.48. The van der Waals surface area contributed by atoms with E-state index in [-0.39, 0.29) is 0 Å². The van der Waals surface area contributed by atoms with Gasteiger partial charge >= 0.3 is 0 Å². The first kappa shape index (κ1) is 31.3. The third kappa shape index (κ3) is 5.11. The van der Waals surface area contributed by atoms with Crippen molar-refractivity contribution in [2.45, 2.75) is 0 Å². The lowest BCUT2D eigenvalue weighted by atomic mass is 9.94. The Balaban J connectivity index is 1.15. The highest BCUT2D eigenvalue weighted by molar-refractivity contribution is 7.25. The van der Waals surface area contributed by atoms with Crippen LogP contribution < -0.4 is 0 Å². The minimum absolute atomic E-state index is 0.489. The normalized spacial score (nSPS) is 11.3. The van der Waals surface area contributed by atoms with E-state index in [2.05, 4.69) is 89.5 Å². The Kier molecular flexibility index (Phi) is 7.33. The predicted molar refractivity (Wildman–Crippen MR) is 218 cm³/mol. The zero-order valence-corrected chi connectivity index (χ0v) is 29.4. The molecule has 0 amide bonds. The van der Waals surface area contributed by atoms with Crippen molar-refractivity contribution in [3.8, 4) is 63.1 Å². The van der Waals surface area contributed by atoms with Crippen molar-refractivity contribution < 1.29 is 0 Å². The van der Waals surface area contributed by atoms with E-state index < -0.39 is 0 Å². The molecular weight excluding hydrogens is 681 g/mol. The van der Waals surface area contributed by atoms with E-state index in [9.17, 15) is 10.5 Å². The fourth-order valence-electron chi connectivity index (χ4n) is 7.44. The van der Waals surface area contributed by atoms with Crippen LogP contribution in [0.5, 0.6) is 0 Å². The van der Waals surface area contributed by atoms with Crippen LogP contribution in [0, 0.1) is 22.7 Å². The molecular formula is C47H26N6S. The van der Waals surface area contributed by atoms with Crippen molar-refractivity contribution >= 4 is 53.3 Å². The Labute approximate surface area is 314 Å². The van der Waals surface area contributed by atoms with Gasteiger partial charge in [0, 0.05) is 58.9 Å². The molecule has 7 heteroatoms. The Morgan fingerprint density at radius 2 is 0.963 bits per heavy atom. The Morgan fingerprint density at radius 3 is 1.63 bits per heavy atom. The molecule has 0 fully saturated rings. The number of thiophene rings is 1.